The van der Waals surface area contributed by atoms with Crippen molar-refractivity contribution in [1.29, 1.82) is 0 Å². The van der Waals surface area contributed by atoms with Gasteiger partial charge in [-0.3, -0.25) is 0 Å². The van der Waals surface area contributed by atoms with Gasteiger partial charge in [-0.1, -0.05) is 34.1 Å². The van der Waals surface area contributed by atoms with Crippen molar-refractivity contribution in [3.63, 3.8) is 0 Å². The van der Waals surface area contributed by atoms with Gasteiger partial charge in [-0.05, 0) is 43.4 Å². The van der Waals surface area contributed by atoms with Crippen LogP contribution in [-0.2, 0) is 4.74 Å². The van der Waals surface area contributed by atoms with E-state index in [2.05, 4.69) is 34.6 Å². The van der Waals surface area contributed by atoms with Gasteiger partial charge in [-0.2, -0.15) is 0 Å². The maximum atomic E-state index is 6.46. The molecule has 1 aliphatic carbocycles. The van der Waals surface area contributed by atoms with Gasteiger partial charge in [0.05, 0.1) is 6.10 Å². The highest BCUT2D eigenvalue weighted by molar-refractivity contribution is 4.87. The number of hydrogen-bond donors (Lipinski definition) is 1. The maximum Gasteiger partial charge on any atom is 0.0751 e. The Bertz CT molecular complexity index is 217. The average Bonchev–Trinajstić information content (AvgIpc) is 2.28. The summed E-state index contributed by atoms with van der Waals surface area (Å²) in [5, 5.41) is 0. The second-order valence-corrected chi connectivity index (χ2v) is 6.27. The van der Waals surface area contributed by atoms with E-state index in [9.17, 15) is 0 Å². The third-order valence-corrected chi connectivity index (χ3v) is 4.58. The van der Waals surface area contributed by atoms with Crippen LogP contribution in [0.3, 0.4) is 0 Å². The summed E-state index contributed by atoms with van der Waals surface area (Å²) in [5.41, 5.74) is 6.46. The average molecular weight is 241 g/mol. The summed E-state index contributed by atoms with van der Waals surface area (Å²) in [7, 11) is 0. The van der Waals surface area contributed by atoms with E-state index < -0.39 is 0 Å². The zero-order chi connectivity index (χ0) is 13.0. The molecule has 102 valence electrons. The molecule has 0 saturated heterocycles. The van der Waals surface area contributed by atoms with E-state index >= 15 is 0 Å². The zero-order valence-electron chi connectivity index (χ0n) is 12.3. The first-order valence-electron chi connectivity index (χ1n) is 7.34. The van der Waals surface area contributed by atoms with Gasteiger partial charge in [-0.25, -0.2) is 0 Å². The summed E-state index contributed by atoms with van der Waals surface area (Å²) in [4.78, 5) is 0. The molecule has 2 heteroatoms. The molecule has 17 heavy (non-hydrogen) atoms. The van der Waals surface area contributed by atoms with Gasteiger partial charge in [0, 0.05) is 12.6 Å². The van der Waals surface area contributed by atoms with Crippen LogP contribution in [0.2, 0.25) is 0 Å². The molecule has 1 aliphatic rings. The van der Waals surface area contributed by atoms with E-state index in [1.165, 1.54) is 19.3 Å². The molecule has 0 bridgehead atoms. The third-order valence-electron chi connectivity index (χ3n) is 4.58. The highest BCUT2D eigenvalue weighted by Gasteiger charge is 2.33. The van der Waals surface area contributed by atoms with Gasteiger partial charge in [0.15, 0.2) is 0 Å². The van der Waals surface area contributed by atoms with Crippen molar-refractivity contribution in [1.82, 2.24) is 0 Å². The van der Waals surface area contributed by atoms with Crippen LogP contribution in [0.25, 0.3) is 0 Å². The lowest BCUT2D eigenvalue weighted by molar-refractivity contribution is -0.0110. The first kappa shape index (κ1) is 15.0. The fraction of sp³-hybridized carbons (Fsp3) is 1.00. The van der Waals surface area contributed by atoms with Crippen LogP contribution < -0.4 is 5.73 Å². The van der Waals surface area contributed by atoms with E-state index in [1.54, 1.807) is 0 Å². The Labute approximate surface area is 107 Å². The van der Waals surface area contributed by atoms with Crippen molar-refractivity contribution in [3.05, 3.63) is 0 Å². The fourth-order valence-electron chi connectivity index (χ4n) is 3.15. The van der Waals surface area contributed by atoms with Crippen molar-refractivity contribution < 1.29 is 4.74 Å². The maximum absolute atomic E-state index is 6.46. The Morgan fingerprint density at radius 2 is 1.82 bits per heavy atom. The number of hydrogen-bond acceptors (Lipinski definition) is 2. The van der Waals surface area contributed by atoms with Gasteiger partial charge in [0.25, 0.3) is 0 Å². The van der Waals surface area contributed by atoms with E-state index in [1.807, 2.05) is 0 Å². The monoisotopic (exact) mass is 241 g/mol. The lowest BCUT2D eigenvalue weighted by Crippen LogP contribution is -2.47. The van der Waals surface area contributed by atoms with E-state index in [4.69, 9.17) is 10.5 Å². The van der Waals surface area contributed by atoms with Crippen LogP contribution in [-0.4, -0.2) is 18.8 Å². The molecule has 1 fully saturated rings. The van der Waals surface area contributed by atoms with Crippen molar-refractivity contribution in [2.24, 2.45) is 29.4 Å². The molecule has 0 aromatic carbocycles. The molecule has 0 spiro atoms. The summed E-state index contributed by atoms with van der Waals surface area (Å²) in [6.07, 6.45) is 4.11. The molecule has 0 aliphatic heterocycles. The molecular weight excluding hydrogens is 210 g/mol. The van der Waals surface area contributed by atoms with E-state index in [0.29, 0.717) is 11.8 Å². The summed E-state index contributed by atoms with van der Waals surface area (Å²) >= 11 is 0. The Kier molecular flexibility index (Phi) is 5.94. The minimum Gasteiger partial charge on any atom is -0.377 e. The van der Waals surface area contributed by atoms with Crippen LogP contribution in [0.4, 0.5) is 0 Å². The summed E-state index contributed by atoms with van der Waals surface area (Å²) in [6.45, 7) is 12.0. The summed E-state index contributed by atoms with van der Waals surface area (Å²) in [5.74, 6) is 2.84. The second-order valence-electron chi connectivity index (χ2n) is 6.27. The molecule has 0 aromatic heterocycles. The SMILES string of the molecule is CCOC(C(C)C)C(N)C1CCC(C)C(C)C1. The lowest BCUT2D eigenvalue weighted by Gasteiger charge is -2.39. The number of nitrogens with two attached hydrogens (primary N) is 1. The molecule has 0 amide bonds. The Morgan fingerprint density at radius 1 is 1.18 bits per heavy atom. The molecule has 0 radical (unpaired) electrons. The first-order valence-corrected chi connectivity index (χ1v) is 7.34. The van der Waals surface area contributed by atoms with Crippen molar-refractivity contribution in [2.75, 3.05) is 6.61 Å². The van der Waals surface area contributed by atoms with E-state index in [-0.39, 0.29) is 12.1 Å². The smallest absolute Gasteiger partial charge is 0.0751 e. The molecule has 2 nitrogen and oxygen atoms in total. The Hall–Kier alpha value is -0.0800. The molecule has 0 heterocycles. The molecule has 2 N–H and O–H groups in total. The molecule has 0 aromatic rings. The molecular formula is C15H31NO. The Balaban J connectivity index is 2.58. The normalized spacial score (nSPS) is 33.7. The summed E-state index contributed by atoms with van der Waals surface area (Å²) < 4.78 is 5.86. The van der Waals surface area contributed by atoms with Gasteiger partial charge >= 0.3 is 0 Å². The predicted octanol–water partition coefficient (Wildman–Crippen LogP) is 3.45. The van der Waals surface area contributed by atoms with Gasteiger partial charge < -0.3 is 10.5 Å². The molecule has 1 saturated carbocycles. The minimum atomic E-state index is 0.213. The van der Waals surface area contributed by atoms with Crippen molar-refractivity contribution in [2.45, 2.75) is 66.0 Å². The highest BCUT2D eigenvalue weighted by atomic mass is 16.5. The van der Waals surface area contributed by atoms with Gasteiger partial charge in [-0.15, -0.1) is 0 Å². The van der Waals surface area contributed by atoms with Crippen LogP contribution in [0.5, 0.6) is 0 Å². The fourth-order valence-corrected chi connectivity index (χ4v) is 3.15. The molecule has 5 atom stereocenters. The second kappa shape index (κ2) is 6.75. The van der Waals surface area contributed by atoms with Crippen LogP contribution in [0, 0.1) is 23.7 Å². The van der Waals surface area contributed by atoms with Crippen LogP contribution >= 0.6 is 0 Å². The van der Waals surface area contributed by atoms with Crippen molar-refractivity contribution in [3.8, 4) is 0 Å². The van der Waals surface area contributed by atoms with Gasteiger partial charge in [0.2, 0.25) is 0 Å². The lowest BCUT2D eigenvalue weighted by atomic mass is 9.71. The van der Waals surface area contributed by atoms with Crippen LogP contribution in [0.1, 0.15) is 53.9 Å². The minimum absolute atomic E-state index is 0.213. The van der Waals surface area contributed by atoms with Crippen molar-refractivity contribution >= 4 is 0 Å². The van der Waals surface area contributed by atoms with Gasteiger partial charge in [0.1, 0.15) is 0 Å². The molecule has 5 unspecified atom stereocenters. The number of rotatable bonds is 5. The predicted molar refractivity (Wildman–Crippen MR) is 73.9 cm³/mol. The quantitative estimate of drug-likeness (QED) is 0.800. The first-order chi connectivity index (χ1) is 7.97. The van der Waals surface area contributed by atoms with E-state index in [0.717, 1.165) is 18.4 Å². The highest BCUT2D eigenvalue weighted by Crippen LogP contribution is 2.36. The molecule has 1 rings (SSSR count). The Morgan fingerprint density at radius 3 is 2.29 bits per heavy atom. The zero-order valence-corrected chi connectivity index (χ0v) is 12.3. The topological polar surface area (TPSA) is 35.2 Å². The summed E-state index contributed by atoms with van der Waals surface area (Å²) in [6, 6.07) is 0.213. The largest absolute Gasteiger partial charge is 0.377 e. The third kappa shape index (κ3) is 3.96. The number of ether oxygens (including phenoxy) is 1. The van der Waals surface area contributed by atoms with Crippen LogP contribution in [0.15, 0.2) is 0 Å². The standard InChI is InChI=1S/C15H31NO/c1-6-17-15(10(2)3)14(16)13-8-7-11(4)12(5)9-13/h10-15H,6-9,16H2,1-5H3.